The number of hydrogen-bond donors (Lipinski definition) is 1. The lowest BCUT2D eigenvalue weighted by atomic mass is 10.1. The van der Waals surface area contributed by atoms with Crippen LogP contribution < -0.4 is 0 Å². The predicted molar refractivity (Wildman–Crippen MR) is 50.6 cm³/mol. The van der Waals surface area contributed by atoms with Crippen molar-refractivity contribution in [2.75, 3.05) is 5.75 Å². The number of H-pyrrole nitrogens is 1. The molecule has 0 radical (unpaired) electrons. The van der Waals surface area contributed by atoms with Gasteiger partial charge in [-0.2, -0.15) is 0 Å². The van der Waals surface area contributed by atoms with Crippen molar-refractivity contribution in [3.05, 3.63) is 17.5 Å². The number of aromatic nitrogens is 1. The van der Waals surface area contributed by atoms with Gasteiger partial charge < -0.3 is 4.98 Å². The number of nitrogens with one attached hydrogen (secondary N) is 1. The molecule has 2 rings (SSSR count). The molecule has 1 aromatic heterocycles. The molecule has 3 nitrogen and oxygen atoms in total. The number of fused-ring (bicyclic) bond motifs is 1. The van der Waals surface area contributed by atoms with Crippen LogP contribution in [0, 0.1) is 0 Å². The average Bonchev–Trinajstić information content (AvgIpc) is 2.53. The van der Waals surface area contributed by atoms with E-state index in [-0.39, 0.29) is 5.75 Å². The first-order valence-electron chi connectivity index (χ1n) is 4.45. The summed E-state index contributed by atoms with van der Waals surface area (Å²) >= 11 is 0. The topological polar surface area (TPSA) is 49.9 Å². The Labute approximate surface area is 78.1 Å². The fraction of sp³-hybridized carbons (Fsp3) is 0.556. The number of sulfone groups is 1. The summed E-state index contributed by atoms with van der Waals surface area (Å²) < 4.78 is 22.9. The van der Waals surface area contributed by atoms with Gasteiger partial charge in [0, 0.05) is 17.8 Å². The van der Waals surface area contributed by atoms with E-state index in [0.717, 1.165) is 11.4 Å². The fourth-order valence-corrected chi connectivity index (χ4v) is 3.15. The maximum Gasteiger partial charge on any atom is 0.180 e. The number of rotatable bonds is 1. The molecular formula is C9H13NO2S. The molecule has 0 atom stereocenters. The lowest BCUT2D eigenvalue weighted by molar-refractivity contribution is 0.600. The minimum atomic E-state index is -2.95. The van der Waals surface area contributed by atoms with Gasteiger partial charge in [0.05, 0.1) is 10.6 Å². The SMILES string of the molecule is CC(C)c1cc2c([nH]1)CCS2(=O)=O. The van der Waals surface area contributed by atoms with E-state index in [2.05, 4.69) is 4.98 Å². The highest BCUT2D eigenvalue weighted by Gasteiger charge is 2.28. The van der Waals surface area contributed by atoms with Gasteiger partial charge in [-0.15, -0.1) is 0 Å². The standard InChI is InChI=1S/C9H13NO2S/c1-6(2)8-5-9-7(10-8)3-4-13(9,11)12/h5-6,10H,3-4H2,1-2H3. The highest BCUT2D eigenvalue weighted by molar-refractivity contribution is 7.91. The molecule has 72 valence electrons. The van der Waals surface area contributed by atoms with Crippen molar-refractivity contribution in [3.63, 3.8) is 0 Å². The van der Waals surface area contributed by atoms with Crippen molar-refractivity contribution in [2.24, 2.45) is 0 Å². The zero-order valence-corrected chi connectivity index (χ0v) is 8.61. The fourth-order valence-electron chi connectivity index (χ4n) is 1.62. The summed E-state index contributed by atoms with van der Waals surface area (Å²) in [5.74, 6) is 0.632. The summed E-state index contributed by atoms with van der Waals surface area (Å²) in [6.45, 7) is 4.10. The van der Waals surface area contributed by atoms with Crippen LogP contribution in [0.4, 0.5) is 0 Å². The van der Waals surface area contributed by atoms with Gasteiger partial charge in [0.1, 0.15) is 0 Å². The van der Waals surface area contributed by atoms with E-state index in [4.69, 9.17) is 0 Å². The van der Waals surface area contributed by atoms with E-state index in [9.17, 15) is 8.42 Å². The molecule has 0 saturated heterocycles. The van der Waals surface area contributed by atoms with Crippen LogP contribution in [0.5, 0.6) is 0 Å². The highest BCUT2D eigenvalue weighted by Crippen LogP contribution is 2.28. The molecule has 1 aliphatic rings. The molecule has 1 aliphatic heterocycles. The average molecular weight is 199 g/mol. The van der Waals surface area contributed by atoms with Gasteiger partial charge in [0.15, 0.2) is 9.84 Å². The third kappa shape index (κ3) is 1.29. The molecule has 0 aromatic carbocycles. The number of aromatic amines is 1. The monoisotopic (exact) mass is 199 g/mol. The first-order chi connectivity index (χ1) is 6.00. The summed E-state index contributed by atoms with van der Waals surface area (Å²) in [5.41, 5.74) is 1.91. The summed E-state index contributed by atoms with van der Waals surface area (Å²) in [6.07, 6.45) is 0.643. The Hall–Kier alpha value is -0.770. The zero-order chi connectivity index (χ0) is 9.64. The minimum Gasteiger partial charge on any atom is -0.361 e. The van der Waals surface area contributed by atoms with Gasteiger partial charge in [0.2, 0.25) is 0 Å². The second-order valence-electron chi connectivity index (χ2n) is 3.79. The largest absolute Gasteiger partial charge is 0.361 e. The Bertz CT molecular complexity index is 428. The Morgan fingerprint density at radius 1 is 1.46 bits per heavy atom. The molecule has 0 bridgehead atoms. The molecule has 1 N–H and O–H groups in total. The van der Waals surface area contributed by atoms with Crippen molar-refractivity contribution in [1.29, 1.82) is 0 Å². The molecule has 0 spiro atoms. The molecule has 2 heterocycles. The maximum absolute atomic E-state index is 11.5. The first-order valence-corrected chi connectivity index (χ1v) is 6.10. The Balaban J connectivity index is 2.55. The van der Waals surface area contributed by atoms with Crippen LogP contribution in [-0.2, 0) is 16.3 Å². The van der Waals surface area contributed by atoms with E-state index < -0.39 is 9.84 Å². The van der Waals surface area contributed by atoms with E-state index in [1.807, 2.05) is 13.8 Å². The summed E-state index contributed by atoms with van der Waals surface area (Å²) in [5, 5.41) is 0. The maximum atomic E-state index is 11.5. The summed E-state index contributed by atoms with van der Waals surface area (Å²) in [4.78, 5) is 3.69. The molecule has 0 saturated carbocycles. The van der Waals surface area contributed by atoms with E-state index >= 15 is 0 Å². The normalized spacial score (nSPS) is 19.3. The Kier molecular flexibility index (Phi) is 1.77. The lowest BCUT2D eigenvalue weighted by Crippen LogP contribution is -1.99. The summed E-state index contributed by atoms with van der Waals surface area (Å²) in [7, 11) is -2.95. The van der Waals surface area contributed by atoms with Crippen molar-refractivity contribution in [1.82, 2.24) is 4.98 Å². The van der Waals surface area contributed by atoms with Crippen LogP contribution in [0.1, 0.15) is 31.2 Å². The minimum absolute atomic E-state index is 0.270. The highest BCUT2D eigenvalue weighted by atomic mass is 32.2. The lowest BCUT2D eigenvalue weighted by Gasteiger charge is -1.99. The third-order valence-corrected chi connectivity index (χ3v) is 4.23. The smallest absolute Gasteiger partial charge is 0.180 e. The van der Waals surface area contributed by atoms with Gasteiger partial charge in [-0.1, -0.05) is 13.8 Å². The molecular weight excluding hydrogens is 186 g/mol. The molecule has 0 fully saturated rings. The number of aryl methyl sites for hydroxylation is 1. The summed E-state index contributed by atoms with van der Waals surface area (Å²) in [6, 6.07) is 1.78. The van der Waals surface area contributed by atoms with Crippen molar-refractivity contribution in [3.8, 4) is 0 Å². The van der Waals surface area contributed by atoms with Crippen molar-refractivity contribution >= 4 is 9.84 Å². The van der Waals surface area contributed by atoms with Crippen LogP contribution in [0.2, 0.25) is 0 Å². The Morgan fingerprint density at radius 3 is 2.69 bits per heavy atom. The van der Waals surface area contributed by atoms with Gasteiger partial charge >= 0.3 is 0 Å². The van der Waals surface area contributed by atoms with Crippen LogP contribution in [-0.4, -0.2) is 19.2 Å². The van der Waals surface area contributed by atoms with Crippen molar-refractivity contribution < 1.29 is 8.42 Å². The quantitative estimate of drug-likeness (QED) is 0.744. The van der Waals surface area contributed by atoms with Crippen molar-refractivity contribution in [2.45, 2.75) is 31.1 Å². The molecule has 0 unspecified atom stereocenters. The second-order valence-corrected chi connectivity index (χ2v) is 5.87. The molecule has 0 aliphatic carbocycles. The van der Waals surface area contributed by atoms with E-state index in [1.165, 1.54) is 0 Å². The van der Waals surface area contributed by atoms with Gasteiger partial charge in [-0.05, 0) is 12.0 Å². The zero-order valence-electron chi connectivity index (χ0n) is 7.79. The van der Waals surface area contributed by atoms with Crippen LogP contribution in [0.3, 0.4) is 0 Å². The van der Waals surface area contributed by atoms with Crippen LogP contribution in [0.25, 0.3) is 0 Å². The van der Waals surface area contributed by atoms with Gasteiger partial charge in [0.25, 0.3) is 0 Å². The number of hydrogen-bond acceptors (Lipinski definition) is 2. The Morgan fingerprint density at radius 2 is 2.15 bits per heavy atom. The van der Waals surface area contributed by atoms with Gasteiger partial charge in [-0.25, -0.2) is 8.42 Å². The third-order valence-electron chi connectivity index (χ3n) is 2.46. The van der Waals surface area contributed by atoms with E-state index in [0.29, 0.717) is 17.2 Å². The molecule has 0 amide bonds. The first kappa shape index (κ1) is 8.81. The van der Waals surface area contributed by atoms with Crippen LogP contribution >= 0.6 is 0 Å². The molecule has 1 aromatic rings. The second kappa shape index (κ2) is 2.61. The predicted octanol–water partition coefficient (Wildman–Crippen LogP) is 1.47. The molecule has 4 heteroatoms. The van der Waals surface area contributed by atoms with Gasteiger partial charge in [-0.3, -0.25) is 0 Å². The van der Waals surface area contributed by atoms with E-state index in [1.54, 1.807) is 6.07 Å². The molecule has 13 heavy (non-hydrogen) atoms. The van der Waals surface area contributed by atoms with Crippen LogP contribution in [0.15, 0.2) is 11.0 Å².